The molecule has 2 fully saturated rings. The number of rotatable bonds is 7. The maximum atomic E-state index is 12.8. The number of amides is 2. The lowest BCUT2D eigenvalue weighted by molar-refractivity contribution is -0.124. The number of anilines is 1. The first kappa shape index (κ1) is 21.2. The number of piperazine rings is 1. The summed E-state index contributed by atoms with van der Waals surface area (Å²) in [6, 6.07) is 17.7. The zero-order chi connectivity index (χ0) is 21.6. The third kappa shape index (κ3) is 5.18. The Balaban J connectivity index is 1.34. The lowest BCUT2D eigenvalue weighted by Crippen LogP contribution is -2.50. The number of carbonyl (C=O) groups is 2. The SMILES string of the molecule is C=CCOc1ccc(/C=C2/SC(=O)N(CN3CCN(c4ccccc4)CC3)C2=O)cc1. The van der Waals surface area contributed by atoms with Crippen LogP contribution in [0.3, 0.4) is 0 Å². The molecule has 2 aliphatic heterocycles. The Bertz CT molecular complexity index is 967. The van der Waals surface area contributed by atoms with Crippen LogP contribution in [-0.4, -0.2) is 60.4 Å². The molecule has 0 N–H and O–H groups in total. The molecule has 2 aliphatic rings. The molecule has 0 aliphatic carbocycles. The maximum Gasteiger partial charge on any atom is 0.294 e. The Morgan fingerprint density at radius 2 is 1.68 bits per heavy atom. The molecule has 4 rings (SSSR count). The molecule has 31 heavy (non-hydrogen) atoms. The molecule has 2 heterocycles. The van der Waals surface area contributed by atoms with Crippen molar-refractivity contribution in [3.63, 3.8) is 0 Å². The molecular weight excluding hydrogens is 410 g/mol. The van der Waals surface area contributed by atoms with Crippen LogP contribution in [0.25, 0.3) is 6.08 Å². The Morgan fingerprint density at radius 3 is 2.35 bits per heavy atom. The topological polar surface area (TPSA) is 53.1 Å². The minimum atomic E-state index is -0.229. The molecule has 2 amide bonds. The monoisotopic (exact) mass is 435 g/mol. The second-order valence-corrected chi connectivity index (χ2v) is 8.35. The Morgan fingerprint density at radius 1 is 0.968 bits per heavy atom. The Hall–Kier alpha value is -3.03. The highest BCUT2D eigenvalue weighted by Crippen LogP contribution is 2.32. The van der Waals surface area contributed by atoms with E-state index in [1.54, 1.807) is 12.2 Å². The zero-order valence-electron chi connectivity index (χ0n) is 17.3. The number of imide groups is 1. The molecule has 0 saturated carbocycles. The summed E-state index contributed by atoms with van der Waals surface area (Å²) in [6.07, 6.45) is 3.45. The summed E-state index contributed by atoms with van der Waals surface area (Å²) in [5.41, 5.74) is 2.06. The number of thioether (sulfide) groups is 1. The van der Waals surface area contributed by atoms with Crippen molar-refractivity contribution < 1.29 is 14.3 Å². The third-order valence-electron chi connectivity index (χ3n) is 5.25. The number of ether oxygens (including phenoxy) is 1. The van der Waals surface area contributed by atoms with Gasteiger partial charge in [-0.3, -0.25) is 19.4 Å². The van der Waals surface area contributed by atoms with E-state index in [9.17, 15) is 9.59 Å². The Kier molecular flexibility index (Phi) is 6.74. The van der Waals surface area contributed by atoms with Gasteiger partial charge in [-0.1, -0.05) is 43.0 Å². The van der Waals surface area contributed by atoms with Gasteiger partial charge in [0.15, 0.2) is 0 Å². The van der Waals surface area contributed by atoms with E-state index in [1.165, 1.54) is 10.6 Å². The lowest BCUT2D eigenvalue weighted by atomic mass is 10.2. The van der Waals surface area contributed by atoms with Gasteiger partial charge in [-0.2, -0.15) is 0 Å². The van der Waals surface area contributed by atoms with E-state index >= 15 is 0 Å². The van der Waals surface area contributed by atoms with Crippen LogP contribution in [0, 0.1) is 0 Å². The van der Waals surface area contributed by atoms with E-state index in [0.29, 0.717) is 18.2 Å². The molecule has 0 atom stereocenters. The lowest BCUT2D eigenvalue weighted by Gasteiger charge is -2.37. The molecule has 0 bridgehead atoms. The van der Waals surface area contributed by atoms with Crippen molar-refractivity contribution in [1.82, 2.24) is 9.80 Å². The van der Waals surface area contributed by atoms with Gasteiger partial charge < -0.3 is 9.64 Å². The highest BCUT2D eigenvalue weighted by molar-refractivity contribution is 8.18. The van der Waals surface area contributed by atoms with E-state index in [4.69, 9.17) is 4.74 Å². The van der Waals surface area contributed by atoms with Gasteiger partial charge in [-0.15, -0.1) is 0 Å². The highest BCUT2D eigenvalue weighted by Gasteiger charge is 2.36. The van der Waals surface area contributed by atoms with Crippen LogP contribution in [0.5, 0.6) is 5.75 Å². The molecule has 6 nitrogen and oxygen atoms in total. The zero-order valence-corrected chi connectivity index (χ0v) is 18.1. The summed E-state index contributed by atoms with van der Waals surface area (Å²) < 4.78 is 5.47. The average molecular weight is 436 g/mol. The number of benzene rings is 2. The van der Waals surface area contributed by atoms with E-state index in [1.807, 2.05) is 42.5 Å². The van der Waals surface area contributed by atoms with Gasteiger partial charge in [0.2, 0.25) is 0 Å². The second-order valence-electron chi connectivity index (χ2n) is 7.36. The van der Waals surface area contributed by atoms with Crippen molar-refractivity contribution in [2.45, 2.75) is 0 Å². The van der Waals surface area contributed by atoms with E-state index in [-0.39, 0.29) is 11.1 Å². The molecule has 2 aromatic rings. The van der Waals surface area contributed by atoms with Gasteiger partial charge >= 0.3 is 0 Å². The highest BCUT2D eigenvalue weighted by atomic mass is 32.2. The predicted molar refractivity (Wildman–Crippen MR) is 125 cm³/mol. The van der Waals surface area contributed by atoms with Crippen molar-refractivity contribution >= 4 is 34.7 Å². The summed E-state index contributed by atoms with van der Waals surface area (Å²) in [4.78, 5) is 31.6. The van der Waals surface area contributed by atoms with Gasteiger partial charge in [0.05, 0.1) is 11.6 Å². The van der Waals surface area contributed by atoms with Crippen LogP contribution in [0.2, 0.25) is 0 Å². The Labute approximate surface area is 186 Å². The smallest absolute Gasteiger partial charge is 0.294 e. The normalized spacial score (nSPS) is 18.6. The van der Waals surface area contributed by atoms with Crippen molar-refractivity contribution in [3.8, 4) is 5.75 Å². The summed E-state index contributed by atoms with van der Waals surface area (Å²) in [7, 11) is 0. The fourth-order valence-corrected chi connectivity index (χ4v) is 4.41. The first-order chi connectivity index (χ1) is 15.1. The number of nitrogens with zero attached hydrogens (tertiary/aromatic N) is 3. The van der Waals surface area contributed by atoms with Gasteiger partial charge in [0.1, 0.15) is 12.4 Å². The molecule has 160 valence electrons. The largest absolute Gasteiger partial charge is 0.490 e. The summed E-state index contributed by atoms with van der Waals surface area (Å²) >= 11 is 0.998. The maximum absolute atomic E-state index is 12.8. The van der Waals surface area contributed by atoms with Crippen molar-refractivity contribution in [2.75, 3.05) is 44.4 Å². The fraction of sp³-hybridized carbons (Fsp3) is 0.250. The van der Waals surface area contributed by atoms with Crippen LogP contribution in [0.1, 0.15) is 5.56 Å². The van der Waals surface area contributed by atoms with Crippen molar-refractivity contribution in [2.24, 2.45) is 0 Å². The second kappa shape index (κ2) is 9.85. The van der Waals surface area contributed by atoms with Gasteiger partial charge in [-0.05, 0) is 47.7 Å². The number of carbonyl (C=O) groups excluding carboxylic acids is 2. The standard InChI is InChI=1S/C24H25N3O3S/c1-2-16-30-21-10-8-19(9-11-21)17-22-23(28)27(24(29)31-22)18-25-12-14-26(15-13-25)20-6-4-3-5-7-20/h2-11,17H,1,12-16,18H2/b22-17+. The first-order valence-electron chi connectivity index (χ1n) is 10.3. The van der Waals surface area contributed by atoms with Crippen LogP contribution in [0.15, 0.2) is 72.2 Å². The summed E-state index contributed by atoms with van der Waals surface area (Å²) in [5, 5.41) is -0.215. The van der Waals surface area contributed by atoms with Gasteiger partial charge in [-0.25, -0.2) is 0 Å². The van der Waals surface area contributed by atoms with Gasteiger partial charge in [0.25, 0.3) is 11.1 Å². The summed E-state index contributed by atoms with van der Waals surface area (Å²) in [5.74, 6) is 0.507. The molecule has 2 aromatic carbocycles. The van der Waals surface area contributed by atoms with Crippen LogP contribution in [0.4, 0.5) is 10.5 Å². The van der Waals surface area contributed by atoms with E-state index < -0.39 is 0 Å². The molecular formula is C24H25N3O3S. The third-order valence-corrected chi connectivity index (χ3v) is 6.16. The first-order valence-corrected chi connectivity index (χ1v) is 11.1. The van der Waals surface area contributed by atoms with E-state index in [0.717, 1.165) is 49.3 Å². The quantitative estimate of drug-likeness (QED) is 0.483. The minimum Gasteiger partial charge on any atom is -0.490 e. The van der Waals surface area contributed by atoms with Gasteiger partial charge in [0, 0.05) is 31.9 Å². The molecule has 7 heteroatoms. The molecule has 0 unspecified atom stereocenters. The number of hydrogen-bond acceptors (Lipinski definition) is 6. The van der Waals surface area contributed by atoms with Crippen LogP contribution in [-0.2, 0) is 4.79 Å². The molecule has 0 spiro atoms. The summed E-state index contributed by atoms with van der Waals surface area (Å²) in [6.45, 7) is 7.76. The van der Waals surface area contributed by atoms with Crippen LogP contribution >= 0.6 is 11.8 Å². The molecule has 0 aromatic heterocycles. The number of para-hydroxylation sites is 1. The van der Waals surface area contributed by atoms with Crippen molar-refractivity contribution in [1.29, 1.82) is 0 Å². The average Bonchev–Trinajstić information content (AvgIpc) is 3.07. The van der Waals surface area contributed by atoms with Crippen molar-refractivity contribution in [3.05, 3.63) is 77.7 Å². The predicted octanol–water partition coefficient (Wildman–Crippen LogP) is 4.07. The molecule has 2 saturated heterocycles. The molecule has 0 radical (unpaired) electrons. The van der Waals surface area contributed by atoms with E-state index in [2.05, 4.69) is 28.5 Å². The van der Waals surface area contributed by atoms with Crippen LogP contribution < -0.4 is 9.64 Å². The fourth-order valence-electron chi connectivity index (χ4n) is 3.58. The minimum absolute atomic E-state index is 0.215. The number of hydrogen-bond donors (Lipinski definition) is 0.